The monoisotopic (exact) mass is 506 g/mol. The molecule has 0 aliphatic heterocycles. The maximum absolute atomic E-state index is 12.8. The highest BCUT2D eigenvalue weighted by Gasteiger charge is 2.31. The molecule has 1 aromatic rings. The number of carbonyl (C=O) groups is 2. The maximum atomic E-state index is 12.8. The lowest BCUT2D eigenvalue weighted by Crippen LogP contribution is -2.50. The van der Waals surface area contributed by atoms with Crippen molar-refractivity contribution in [2.24, 2.45) is 16.8 Å². The van der Waals surface area contributed by atoms with E-state index in [2.05, 4.69) is 25.8 Å². The van der Waals surface area contributed by atoms with Crippen molar-refractivity contribution in [3.63, 3.8) is 0 Å². The lowest BCUT2D eigenvalue weighted by molar-refractivity contribution is -0.485. The zero-order chi connectivity index (χ0) is 26.6. The van der Waals surface area contributed by atoms with Crippen molar-refractivity contribution in [1.29, 1.82) is 0 Å². The van der Waals surface area contributed by atoms with E-state index in [1.807, 2.05) is 13.8 Å². The van der Waals surface area contributed by atoms with Crippen LogP contribution in [0.25, 0.3) is 0 Å². The van der Waals surface area contributed by atoms with E-state index < -0.39 is 47.1 Å². The first-order valence-electron chi connectivity index (χ1n) is 10.6. The van der Waals surface area contributed by atoms with Crippen LogP contribution in [0.2, 0.25) is 0 Å². The number of nitrogens with zero attached hydrogens (tertiary/aromatic N) is 2. The molecule has 0 radical (unpaired) electrons. The average molecular weight is 506 g/mol. The SMILES string of the molecule is CC(C)C[C@H](NC(=O)[C@H](CCCN/C(N)=N/[N+](=O)[O-])NCc1ccc(OC(F)(F)F)cc1)C(=O)O. The van der Waals surface area contributed by atoms with Crippen molar-refractivity contribution in [1.82, 2.24) is 16.0 Å². The fourth-order valence-electron chi connectivity index (χ4n) is 2.99. The summed E-state index contributed by atoms with van der Waals surface area (Å²) in [5, 5.41) is 29.6. The third-order valence-electron chi connectivity index (χ3n) is 4.51. The standard InChI is InChI=1S/C20H29F3N6O6/c1-12(2)10-16(18(31)32)27-17(30)15(4-3-9-25-19(24)28-29(33)34)26-11-13-5-7-14(8-6-13)35-20(21,22)23/h5-8,12,15-16,26H,3-4,9-11H2,1-2H3,(H,27,30)(H,31,32)(H3,24,25,28)/t15-,16-/m0/s1. The second-order valence-corrected chi connectivity index (χ2v) is 7.95. The summed E-state index contributed by atoms with van der Waals surface area (Å²) in [6.45, 7) is 3.86. The van der Waals surface area contributed by atoms with Crippen LogP contribution in [0.15, 0.2) is 29.4 Å². The van der Waals surface area contributed by atoms with E-state index in [0.29, 0.717) is 12.0 Å². The third-order valence-corrected chi connectivity index (χ3v) is 4.51. The zero-order valence-electron chi connectivity index (χ0n) is 19.2. The van der Waals surface area contributed by atoms with Crippen molar-refractivity contribution >= 4 is 17.8 Å². The molecular formula is C20H29F3N6O6. The Morgan fingerprint density at radius 3 is 2.37 bits per heavy atom. The van der Waals surface area contributed by atoms with Crippen LogP contribution in [0, 0.1) is 16.0 Å². The second kappa shape index (κ2) is 13.9. The molecule has 196 valence electrons. The van der Waals surface area contributed by atoms with Gasteiger partial charge in [-0.05, 0) is 42.9 Å². The third kappa shape index (κ3) is 13.0. The number of amides is 1. The van der Waals surface area contributed by atoms with Gasteiger partial charge in [-0.1, -0.05) is 26.0 Å². The molecule has 0 saturated carbocycles. The fraction of sp³-hybridized carbons (Fsp3) is 0.550. The average Bonchev–Trinajstić information content (AvgIpc) is 2.71. The minimum absolute atomic E-state index is 0.00768. The number of hydrogen-bond donors (Lipinski definition) is 5. The van der Waals surface area contributed by atoms with Crippen molar-refractivity contribution < 1.29 is 37.6 Å². The largest absolute Gasteiger partial charge is 0.573 e. The molecule has 1 rings (SSSR count). The van der Waals surface area contributed by atoms with Crippen LogP contribution < -0.4 is 26.4 Å². The van der Waals surface area contributed by atoms with Crippen LogP contribution in [0.3, 0.4) is 0 Å². The molecule has 35 heavy (non-hydrogen) atoms. The molecule has 0 unspecified atom stereocenters. The van der Waals surface area contributed by atoms with Crippen molar-refractivity contribution in [3.05, 3.63) is 39.9 Å². The normalized spacial score (nSPS) is 13.7. The van der Waals surface area contributed by atoms with E-state index in [1.54, 1.807) is 0 Å². The highest BCUT2D eigenvalue weighted by molar-refractivity contribution is 5.87. The minimum Gasteiger partial charge on any atom is -0.480 e. The lowest BCUT2D eigenvalue weighted by atomic mass is 10.0. The van der Waals surface area contributed by atoms with E-state index in [0.717, 1.165) is 12.1 Å². The first-order chi connectivity index (χ1) is 16.3. The molecule has 0 heterocycles. The summed E-state index contributed by atoms with van der Waals surface area (Å²) in [5.41, 5.74) is 5.89. The van der Waals surface area contributed by atoms with Crippen LogP contribution in [-0.2, 0) is 16.1 Å². The maximum Gasteiger partial charge on any atom is 0.573 e. The highest BCUT2D eigenvalue weighted by Crippen LogP contribution is 2.22. The van der Waals surface area contributed by atoms with Gasteiger partial charge in [-0.25, -0.2) is 14.9 Å². The van der Waals surface area contributed by atoms with Gasteiger partial charge in [0, 0.05) is 13.1 Å². The number of carbonyl (C=O) groups excluding carboxylic acids is 1. The Morgan fingerprint density at radius 1 is 1.23 bits per heavy atom. The summed E-state index contributed by atoms with van der Waals surface area (Å²) in [7, 11) is 0. The lowest BCUT2D eigenvalue weighted by Gasteiger charge is -2.22. The van der Waals surface area contributed by atoms with E-state index >= 15 is 0 Å². The Kier molecular flexibility index (Phi) is 11.7. The molecule has 15 heteroatoms. The predicted octanol–water partition coefficient (Wildman–Crippen LogP) is 1.54. The predicted molar refractivity (Wildman–Crippen MR) is 119 cm³/mol. The molecular weight excluding hydrogens is 477 g/mol. The van der Waals surface area contributed by atoms with Gasteiger partial charge in [0.05, 0.1) is 6.04 Å². The number of halogens is 3. The Balaban J connectivity index is 2.82. The van der Waals surface area contributed by atoms with Gasteiger partial charge in [0.25, 0.3) is 5.96 Å². The van der Waals surface area contributed by atoms with E-state index in [9.17, 15) is 38.0 Å². The summed E-state index contributed by atoms with van der Waals surface area (Å²) in [4.78, 5) is 34.6. The van der Waals surface area contributed by atoms with Crippen LogP contribution in [0.1, 0.15) is 38.7 Å². The first-order valence-corrected chi connectivity index (χ1v) is 10.6. The molecule has 6 N–H and O–H groups in total. The number of carboxylic acids is 1. The number of nitrogens with one attached hydrogen (secondary N) is 3. The molecule has 1 aromatic carbocycles. The van der Waals surface area contributed by atoms with Gasteiger partial charge in [0.15, 0.2) is 5.03 Å². The summed E-state index contributed by atoms with van der Waals surface area (Å²) in [5.74, 6) is -2.56. The second-order valence-electron chi connectivity index (χ2n) is 7.95. The molecule has 1 amide bonds. The Labute approximate surface area is 199 Å². The van der Waals surface area contributed by atoms with Crippen LogP contribution in [-0.4, -0.2) is 53.0 Å². The number of carboxylic acid groups (broad SMARTS) is 1. The Hall–Kier alpha value is -3.62. The van der Waals surface area contributed by atoms with Gasteiger partial charge in [0.2, 0.25) is 5.91 Å². The molecule has 0 bridgehead atoms. The zero-order valence-corrected chi connectivity index (χ0v) is 19.2. The van der Waals surface area contributed by atoms with Gasteiger partial charge in [-0.2, -0.15) is 0 Å². The molecule has 0 aliphatic rings. The number of hydrazone groups is 1. The molecule has 12 nitrogen and oxygen atoms in total. The molecule has 0 fully saturated rings. The van der Waals surface area contributed by atoms with Gasteiger partial charge in [0.1, 0.15) is 16.9 Å². The van der Waals surface area contributed by atoms with Crippen molar-refractivity contribution in [3.8, 4) is 5.75 Å². The Morgan fingerprint density at radius 2 is 1.86 bits per heavy atom. The molecule has 0 aliphatic carbocycles. The minimum atomic E-state index is -4.82. The van der Waals surface area contributed by atoms with Crippen LogP contribution in [0.5, 0.6) is 5.75 Å². The number of nitro groups is 1. The van der Waals surface area contributed by atoms with Crippen molar-refractivity contribution in [2.75, 3.05) is 6.54 Å². The number of alkyl halides is 3. The molecule has 2 atom stereocenters. The number of ether oxygens (including phenoxy) is 1. The number of benzene rings is 1. The fourth-order valence-corrected chi connectivity index (χ4v) is 2.99. The van der Waals surface area contributed by atoms with E-state index in [1.165, 1.54) is 12.1 Å². The summed E-state index contributed by atoms with van der Waals surface area (Å²) < 4.78 is 40.7. The van der Waals surface area contributed by atoms with Gasteiger partial charge in [-0.15, -0.1) is 13.2 Å². The van der Waals surface area contributed by atoms with Crippen LogP contribution >= 0.6 is 0 Å². The molecule has 0 saturated heterocycles. The van der Waals surface area contributed by atoms with Gasteiger partial charge in [-0.3, -0.25) is 4.79 Å². The molecule has 0 spiro atoms. The van der Waals surface area contributed by atoms with Crippen LogP contribution in [0.4, 0.5) is 13.2 Å². The number of aliphatic carboxylic acids is 1. The summed E-state index contributed by atoms with van der Waals surface area (Å²) in [6, 6.07) is 3.06. The number of hydrogen-bond acceptors (Lipinski definition) is 6. The topological polar surface area (TPSA) is 181 Å². The first kappa shape index (κ1) is 29.4. The van der Waals surface area contributed by atoms with Gasteiger partial charge >= 0.3 is 12.3 Å². The quantitative estimate of drug-likeness (QED) is 0.0822. The Bertz CT molecular complexity index is 879. The van der Waals surface area contributed by atoms with Gasteiger partial charge < -0.3 is 31.5 Å². The van der Waals surface area contributed by atoms with Crippen molar-refractivity contribution in [2.45, 2.75) is 58.1 Å². The number of rotatable bonds is 14. The van der Waals surface area contributed by atoms with E-state index in [-0.39, 0.29) is 31.8 Å². The molecule has 0 aromatic heterocycles. The van der Waals surface area contributed by atoms with E-state index in [4.69, 9.17) is 5.73 Å². The summed E-state index contributed by atoms with van der Waals surface area (Å²) >= 11 is 0. The summed E-state index contributed by atoms with van der Waals surface area (Å²) in [6.07, 6.45) is -4.11. The number of nitrogens with two attached hydrogens (primary N) is 1. The number of guanidine groups is 1. The smallest absolute Gasteiger partial charge is 0.480 e. The highest BCUT2D eigenvalue weighted by atomic mass is 19.4.